The molecule has 0 saturated heterocycles. The lowest BCUT2D eigenvalue weighted by molar-refractivity contribution is 0.458. The van der Waals surface area contributed by atoms with Crippen LogP contribution < -0.4 is 5.32 Å². The van der Waals surface area contributed by atoms with Gasteiger partial charge in [0.05, 0.1) is 12.0 Å². The van der Waals surface area contributed by atoms with Gasteiger partial charge in [-0.3, -0.25) is 0 Å². The van der Waals surface area contributed by atoms with Crippen molar-refractivity contribution < 1.29 is 0 Å². The van der Waals surface area contributed by atoms with Gasteiger partial charge in [-0.2, -0.15) is 0 Å². The van der Waals surface area contributed by atoms with Crippen LogP contribution in [-0.4, -0.2) is 15.6 Å². The maximum absolute atomic E-state index is 4.29. The standard InChI is InChI=1S/C14H25N3/c1-3-4-5-6-12(2)17-11-15-9-14(17)10-16-13-7-8-13/h9,11-13,16H,3-8,10H2,1-2H3. The lowest BCUT2D eigenvalue weighted by Gasteiger charge is -2.16. The molecule has 0 radical (unpaired) electrons. The molecule has 1 saturated carbocycles. The second-order valence-electron chi connectivity index (χ2n) is 5.29. The van der Waals surface area contributed by atoms with Crippen molar-refractivity contribution in [3.05, 3.63) is 18.2 Å². The summed E-state index contributed by atoms with van der Waals surface area (Å²) in [6.45, 7) is 5.54. The Morgan fingerprint density at radius 3 is 3.00 bits per heavy atom. The first-order chi connectivity index (χ1) is 8.31. The SMILES string of the molecule is CCCCCC(C)n1cncc1CNC1CC1. The van der Waals surface area contributed by atoms with Crippen molar-refractivity contribution in [3.63, 3.8) is 0 Å². The number of rotatable bonds is 8. The van der Waals surface area contributed by atoms with Gasteiger partial charge in [-0.15, -0.1) is 0 Å². The van der Waals surface area contributed by atoms with Gasteiger partial charge in [-0.1, -0.05) is 26.2 Å². The van der Waals surface area contributed by atoms with E-state index in [2.05, 4.69) is 28.7 Å². The van der Waals surface area contributed by atoms with Crippen LogP contribution in [0.2, 0.25) is 0 Å². The molecule has 17 heavy (non-hydrogen) atoms. The summed E-state index contributed by atoms with van der Waals surface area (Å²) in [5, 5.41) is 3.56. The summed E-state index contributed by atoms with van der Waals surface area (Å²) in [5.74, 6) is 0. The van der Waals surface area contributed by atoms with Crippen molar-refractivity contribution in [3.8, 4) is 0 Å². The Morgan fingerprint density at radius 2 is 2.29 bits per heavy atom. The molecule has 96 valence electrons. The fourth-order valence-corrected chi connectivity index (χ4v) is 2.23. The molecule has 1 heterocycles. The Balaban J connectivity index is 1.82. The van der Waals surface area contributed by atoms with Crippen LogP contribution in [0.15, 0.2) is 12.5 Å². The van der Waals surface area contributed by atoms with Crippen LogP contribution >= 0.6 is 0 Å². The fourth-order valence-electron chi connectivity index (χ4n) is 2.23. The Bertz CT molecular complexity index is 328. The molecule has 1 fully saturated rings. The van der Waals surface area contributed by atoms with Gasteiger partial charge in [0.25, 0.3) is 0 Å². The van der Waals surface area contributed by atoms with Crippen LogP contribution in [0.3, 0.4) is 0 Å². The third-order valence-electron chi connectivity index (χ3n) is 3.60. The van der Waals surface area contributed by atoms with Gasteiger partial charge in [-0.05, 0) is 26.2 Å². The van der Waals surface area contributed by atoms with Crippen molar-refractivity contribution in [1.82, 2.24) is 14.9 Å². The topological polar surface area (TPSA) is 29.9 Å². The summed E-state index contributed by atoms with van der Waals surface area (Å²) in [6, 6.07) is 1.36. The van der Waals surface area contributed by atoms with Crippen molar-refractivity contribution in [2.75, 3.05) is 0 Å². The van der Waals surface area contributed by atoms with Gasteiger partial charge in [0.15, 0.2) is 0 Å². The summed E-state index contributed by atoms with van der Waals surface area (Å²) < 4.78 is 2.34. The Morgan fingerprint density at radius 1 is 1.47 bits per heavy atom. The molecule has 0 bridgehead atoms. The monoisotopic (exact) mass is 235 g/mol. The first-order valence-corrected chi connectivity index (χ1v) is 7.05. The van der Waals surface area contributed by atoms with E-state index in [4.69, 9.17) is 0 Å². The first-order valence-electron chi connectivity index (χ1n) is 7.05. The second kappa shape index (κ2) is 6.20. The van der Waals surface area contributed by atoms with E-state index in [1.165, 1.54) is 44.2 Å². The summed E-state index contributed by atoms with van der Waals surface area (Å²) in [4.78, 5) is 4.29. The van der Waals surface area contributed by atoms with Gasteiger partial charge in [-0.25, -0.2) is 4.98 Å². The molecule has 1 aliphatic rings. The minimum Gasteiger partial charge on any atom is -0.331 e. The molecule has 1 aromatic rings. The van der Waals surface area contributed by atoms with E-state index in [9.17, 15) is 0 Å². The van der Waals surface area contributed by atoms with Crippen LogP contribution in [0.5, 0.6) is 0 Å². The van der Waals surface area contributed by atoms with Crippen molar-refractivity contribution in [2.24, 2.45) is 0 Å². The number of imidazole rings is 1. The predicted octanol–water partition coefficient (Wildman–Crippen LogP) is 3.28. The molecule has 3 heteroatoms. The highest BCUT2D eigenvalue weighted by Crippen LogP contribution is 2.21. The van der Waals surface area contributed by atoms with E-state index < -0.39 is 0 Å². The average molecular weight is 235 g/mol. The highest BCUT2D eigenvalue weighted by Gasteiger charge is 2.20. The van der Waals surface area contributed by atoms with E-state index in [1.807, 2.05) is 12.5 Å². The number of nitrogens with one attached hydrogen (secondary N) is 1. The lowest BCUT2D eigenvalue weighted by Crippen LogP contribution is -2.19. The summed E-state index contributed by atoms with van der Waals surface area (Å²) >= 11 is 0. The zero-order chi connectivity index (χ0) is 12.1. The zero-order valence-corrected chi connectivity index (χ0v) is 11.2. The smallest absolute Gasteiger partial charge is 0.0951 e. The molecule has 1 atom stereocenters. The predicted molar refractivity (Wildman–Crippen MR) is 70.9 cm³/mol. The minimum absolute atomic E-state index is 0.583. The molecule has 2 rings (SSSR count). The Kier molecular flexibility index (Phi) is 4.60. The number of hydrogen-bond donors (Lipinski definition) is 1. The average Bonchev–Trinajstić information content (AvgIpc) is 3.04. The summed E-state index contributed by atoms with van der Waals surface area (Å²) in [5.41, 5.74) is 1.33. The third-order valence-corrected chi connectivity index (χ3v) is 3.60. The summed E-state index contributed by atoms with van der Waals surface area (Å²) in [7, 11) is 0. The maximum Gasteiger partial charge on any atom is 0.0951 e. The molecule has 1 unspecified atom stereocenters. The molecule has 1 aliphatic carbocycles. The van der Waals surface area contributed by atoms with Gasteiger partial charge >= 0.3 is 0 Å². The molecule has 0 amide bonds. The minimum atomic E-state index is 0.583. The molecule has 0 spiro atoms. The van der Waals surface area contributed by atoms with E-state index in [0.717, 1.165) is 12.6 Å². The normalized spacial score (nSPS) is 17.3. The molecule has 0 aromatic carbocycles. The van der Waals surface area contributed by atoms with Gasteiger partial charge in [0.1, 0.15) is 0 Å². The van der Waals surface area contributed by atoms with E-state index in [-0.39, 0.29) is 0 Å². The number of hydrogen-bond acceptors (Lipinski definition) is 2. The van der Waals surface area contributed by atoms with Crippen molar-refractivity contribution in [1.29, 1.82) is 0 Å². The quantitative estimate of drug-likeness (QED) is 0.701. The summed E-state index contributed by atoms with van der Waals surface area (Å²) in [6.07, 6.45) is 11.9. The fraction of sp³-hybridized carbons (Fsp3) is 0.786. The molecule has 0 aliphatic heterocycles. The number of unbranched alkanes of at least 4 members (excludes halogenated alkanes) is 2. The molecular weight excluding hydrogens is 210 g/mol. The van der Waals surface area contributed by atoms with Gasteiger partial charge in [0.2, 0.25) is 0 Å². The number of nitrogens with zero attached hydrogens (tertiary/aromatic N) is 2. The molecule has 1 aromatic heterocycles. The van der Waals surface area contributed by atoms with E-state index in [1.54, 1.807) is 0 Å². The second-order valence-corrected chi connectivity index (χ2v) is 5.29. The number of aromatic nitrogens is 2. The van der Waals surface area contributed by atoms with Crippen LogP contribution in [-0.2, 0) is 6.54 Å². The Labute approximate surface area is 105 Å². The van der Waals surface area contributed by atoms with Crippen LogP contribution in [0.25, 0.3) is 0 Å². The molecular formula is C14H25N3. The van der Waals surface area contributed by atoms with Crippen LogP contribution in [0.1, 0.15) is 64.1 Å². The molecule has 1 N–H and O–H groups in total. The first kappa shape index (κ1) is 12.6. The highest BCUT2D eigenvalue weighted by atomic mass is 15.1. The molecule has 3 nitrogen and oxygen atoms in total. The Hall–Kier alpha value is -0.830. The highest BCUT2D eigenvalue weighted by molar-refractivity contribution is 5.01. The van der Waals surface area contributed by atoms with Gasteiger partial charge in [0, 0.05) is 24.8 Å². The largest absolute Gasteiger partial charge is 0.331 e. The third kappa shape index (κ3) is 3.84. The maximum atomic E-state index is 4.29. The van der Waals surface area contributed by atoms with Crippen molar-refractivity contribution in [2.45, 2.75) is 71.0 Å². The zero-order valence-electron chi connectivity index (χ0n) is 11.2. The van der Waals surface area contributed by atoms with Crippen LogP contribution in [0, 0.1) is 0 Å². The van der Waals surface area contributed by atoms with Crippen molar-refractivity contribution >= 4 is 0 Å². The lowest BCUT2D eigenvalue weighted by atomic mass is 10.1. The van der Waals surface area contributed by atoms with E-state index in [0.29, 0.717) is 6.04 Å². The van der Waals surface area contributed by atoms with Crippen LogP contribution in [0.4, 0.5) is 0 Å². The van der Waals surface area contributed by atoms with Gasteiger partial charge < -0.3 is 9.88 Å². The van der Waals surface area contributed by atoms with E-state index >= 15 is 0 Å².